The van der Waals surface area contributed by atoms with Crippen LogP contribution >= 0.6 is 23.2 Å². The minimum absolute atomic E-state index is 0.149. The standard InChI is InChI=1S/C23H20ClN5O.C22H17ClN6O/c1-14(28-22-21-18(10-11-25-22)26-13-27-21)19-12-15-6-5-9-17(24)20(15)23(30)29(19)16-7-3-2-4-8-16;1-13(28-21-19-20(25-11-24-19)26-12-27-21)17-10-14-6-5-9-16(23)18(14)22(30)29(17)15-7-3-2-4-8-15/h2-11,13-14,23H,12H2,1H3,(H,25,28)(H,26,27);2-13H,1H3,(H2,24,25,26,27,28)/t14-,23?;13-/m00/s1. The molecule has 5 aromatic heterocycles. The Hall–Kier alpha value is -6.93. The number of nitrogens with one attached hydrogen (secondary N) is 4. The summed E-state index contributed by atoms with van der Waals surface area (Å²) in [7, 11) is 0. The van der Waals surface area contributed by atoms with Crippen LogP contribution in [0.15, 0.2) is 139 Å². The van der Waals surface area contributed by atoms with Gasteiger partial charge in [-0.2, -0.15) is 0 Å². The van der Waals surface area contributed by atoms with Crippen molar-refractivity contribution in [2.24, 2.45) is 0 Å². The van der Waals surface area contributed by atoms with E-state index in [1.807, 2.05) is 115 Å². The molecule has 0 bridgehead atoms. The quantitative estimate of drug-likeness (QED) is 0.110. The molecule has 10 rings (SSSR count). The number of hydrogen-bond acceptors (Lipinski definition) is 9. The number of halogens is 2. The van der Waals surface area contributed by atoms with Gasteiger partial charge in [0.05, 0.1) is 41.0 Å². The minimum atomic E-state index is -1.13. The molecule has 298 valence electrons. The number of anilines is 2. The van der Waals surface area contributed by atoms with E-state index in [1.54, 1.807) is 35.6 Å². The van der Waals surface area contributed by atoms with E-state index in [2.05, 4.69) is 45.5 Å². The van der Waals surface area contributed by atoms with Crippen molar-refractivity contribution in [3.05, 3.63) is 172 Å². The third-order valence-corrected chi connectivity index (χ3v) is 11.2. The Labute approximate surface area is 353 Å². The van der Waals surface area contributed by atoms with Crippen LogP contribution in [0.2, 0.25) is 10.0 Å². The summed E-state index contributed by atoms with van der Waals surface area (Å²) in [5, 5.41) is 22.7. The van der Waals surface area contributed by atoms with E-state index in [0.717, 1.165) is 44.8 Å². The number of nitrogens with zero attached hydrogens (tertiary/aromatic N) is 7. The van der Waals surface area contributed by atoms with Crippen LogP contribution in [0.4, 0.5) is 17.3 Å². The molecule has 0 saturated heterocycles. The second-order valence-electron chi connectivity index (χ2n) is 14.3. The molecule has 9 aromatic rings. The van der Waals surface area contributed by atoms with Crippen molar-refractivity contribution in [1.82, 2.24) is 39.5 Å². The van der Waals surface area contributed by atoms with Crippen molar-refractivity contribution < 1.29 is 9.68 Å². The molecule has 0 aliphatic carbocycles. The van der Waals surface area contributed by atoms with Crippen LogP contribution in [0.3, 0.4) is 0 Å². The van der Waals surface area contributed by atoms with Gasteiger partial charge in [0, 0.05) is 40.3 Å². The van der Waals surface area contributed by atoms with Crippen LogP contribution in [0, 0.1) is 0 Å². The molecule has 1 unspecified atom stereocenters. The lowest BCUT2D eigenvalue weighted by atomic mass is 9.93. The monoisotopic (exact) mass is 833 g/mol. The normalized spacial score (nSPS) is 14.7. The highest BCUT2D eigenvalue weighted by Crippen LogP contribution is 2.35. The van der Waals surface area contributed by atoms with Crippen LogP contribution in [0.25, 0.3) is 38.7 Å². The van der Waals surface area contributed by atoms with E-state index in [9.17, 15) is 9.90 Å². The van der Waals surface area contributed by atoms with Gasteiger partial charge in [0.25, 0.3) is 5.56 Å². The largest absolute Gasteiger partial charge is 0.794 e. The van der Waals surface area contributed by atoms with E-state index < -0.39 is 6.23 Å². The molecular formula is C45H37Cl2N11O2. The lowest BCUT2D eigenvalue weighted by Crippen LogP contribution is -2.43. The summed E-state index contributed by atoms with van der Waals surface area (Å²) < 4.78 is 3.54. The van der Waals surface area contributed by atoms with Gasteiger partial charge in [-0.25, -0.2) is 29.5 Å². The van der Waals surface area contributed by atoms with E-state index in [0.29, 0.717) is 50.2 Å². The number of para-hydroxylation sites is 2. The zero-order chi connectivity index (χ0) is 41.3. The SMILES string of the molecule is C[C@H](Nc1nccc2[nH]cnc12)C1=[N+](c2ccccc2)C([O-])c2c(Cl)cccc2C1.C[C@H](Nc1ncnc2nc[nH]c12)c1cc2cccc(Cl)c2c(=O)n1-c1ccccc1. The zero-order valence-corrected chi connectivity index (χ0v) is 33.9. The van der Waals surface area contributed by atoms with Gasteiger partial charge in [-0.3, -0.25) is 9.36 Å². The summed E-state index contributed by atoms with van der Waals surface area (Å²) in [6.45, 7) is 4.02. The molecule has 0 saturated carbocycles. The molecule has 4 aromatic carbocycles. The van der Waals surface area contributed by atoms with Gasteiger partial charge in [-0.05, 0) is 61.2 Å². The number of aromatic amines is 2. The smallest absolute Gasteiger partial charge is 0.264 e. The van der Waals surface area contributed by atoms with Crippen molar-refractivity contribution in [2.45, 2.75) is 38.6 Å². The Balaban J connectivity index is 0.000000154. The molecular weight excluding hydrogens is 797 g/mol. The molecule has 15 heteroatoms. The van der Waals surface area contributed by atoms with Gasteiger partial charge in [0.15, 0.2) is 23.0 Å². The number of rotatable bonds is 8. The summed E-state index contributed by atoms with van der Waals surface area (Å²) in [6.07, 6.45) is 5.92. The topological polar surface area (TPSA) is 168 Å². The molecule has 6 heterocycles. The first-order valence-electron chi connectivity index (χ1n) is 19.2. The van der Waals surface area contributed by atoms with Crippen LogP contribution in [0.5, 0.6) is 0 Å². The first kappa shape index (κ1) is 38.6. The third-order valence-electron chi connectivity index (χ3n) is 10.6. The van der Waals surface area contributed by atoms with Crippen LogP contribution < -0.4 is 21.3 Å². The first-order valence-corrected chi connectivity index (χ1v) is 20.0. The number of fused-ring (bicyclic) bond motifs is 4. The summed E-state index contributed by atoms with van der Waals surface area (Å²) in [4.78, 5) is 41.2. The van der Waals surface area contributed by atoms with Gasteiger partial charge in [-0.1, -0.05) is 83.9 Å². The highest BCUT2D eigenvalue weighted by molar-refractivity contribution is 6.35. The Kier molecular flexibility index (Phi) is 10.5. The van der Waals surface area contributed by atoms with E-state index in [4.69, 9.17) is 23.2 Å². The number of H-pyrrole nitrogens is 2. The zero-order valence-electron chi connectivity index (χ0n) is 32.3. The molecule has 1 aliphatic rings. The van der Waals surface area contributed by atoms with Crippen molar-refractivity contribution in [1.29, 1.82) is 0 Å². The van der Waals surface area contributed by atoms with Crippen molar-refractivity contribution in [2.75, 3.05) is 10.6 Å². The van der Waals surface area contributed by atoms with Crippen molar-refractivity contribution in [3.63, 3.8) is 0 Å². The van der Waals surface area contributed by atoms with Crippen molar-refractivity contribution in [3.8, 4) is 5.69 Å². The predicted octanol–water partition coefficient (Wildman–Crippen LogP) is 8.30. The Morgan fingerprint density at radius 2 is 1.52 bits per heavy atom. The summed E-state index contributed by atoms with van der Waals surface area (Å²) in [6, 6.07) is 33.8. The molecule has 0 amide bonds. The fourth-order valence-electron chi connectivity index (χ4n) is 7.74. The summed E-state index contributed by atoms with van der Waals surface area (Å²) >= 11 is 12.8. The molecule has 0 spiro atoms. The number of hydrogen-bond donors (Lipinski definition) is 4. The fourth-order valence-corrected chi connectivity index (χ4v) is 8.29. The van der Waals surface area contributed by atoms with Gasteiger partial charge >= 0.3 is 0 Å². The Morgan fingerprint density at radius 3 is 2.33 bits per heavy atom. The maximum absolute atomic E-state index is 13.6. The fraction of sp³-hybridized carbons (Fsp3) is 0.133. The first-order chi connectivity index (χ1) is 29.3. The number of aromatic nitrogens is 8. The van der Waals surface area contributed by atoms with E-state index in [-0.39, 0.29) is 17.6 Å². The molecule has 60 heavy (non-hydrogen) atoms. The molecule has 4 N–H and O–H groups in total. The van der Waals surface area contributed by atoms with Gasteiger partial charge in [0.1, 0.15) is 29.6 Å². The van der Waals surface area contributed by atoms with Gasteiger partial charge in [-0.15, -0.1) is 0 Å². The van der Waals surface area contributed by atoms with Crippen LogP contribution in [-0.4, -0.2) is 55.8 Å². The second kappa shape index (κ2) is 16.4. The highest BCUT2D eigenvalue weighted by atomic mass is 35.5. The maximum Gasteiger partial charge on any atom is 0.264 e. The number of imidazole rings is 2. The lowest BCUT2D eigenvalue weighted by Gasteiger charge is -2.32. The number of pyridine rings is 2. The third kappa shape index (κ3) is 7.23. The predicted molar refractivity (Wildman–Crippen MR) is 235 cm³/mol. The van der Waals surface area contributed by atoms with Crippen molar-refractivity contribution >= 4 is 79.2 Å². The molecule has 3 atom stereocenters. The molecule has 1 aliphatic heterocycles. The Bertz CT molecular complexity index is 3090. The van der Waals surface area contributed by atoms with Crippen LogP contribution in [-0.2, 0) is 6.42 Å². The van der Waals surface area contributed by atoms with Gasteiger partial charge < -0.3 is 25.7 Å². The minimum Gasteiger partial charge on any atom is -0.794 e. The molecule has 0 fully saturated rings. The number of benzene rings is 4. The second-order valence-corrected chi connectivity index (χ2v) is 15.1. The Morgan fingerprint density at radius 1 is 0.783 bits per heavy atom. The van der Waals surface area contributed by atoms with E-state index >= 15 is 0 Å². The maximum atomic E-state index is 13.6. The van der Waals surface area contributed by atoms with Crippen LogP contribution in [0.1, 0.15) is 42.9 Å². The van der Waals surface area contributed by atoms with Gasteiger partial charge in [0.2, 0.25) is 5.69 Å². The molecule has 13 nitrogen and oxygen atoms in total. The lowest BCUT2D eigenvalue weighted by molar-refractivity contribution is -0.697. The average molecular weight is 835 g/mol. The average Bonchev–Trinajstić information content (AvgIpc) is 3.96. The highest BCUT2D eigenvalue weighted by Gasteiger charge is 2.34. The molecule has 0 radical (unpaired) electrons. The summed E-state index contributed by atoms with van der Waals surface area (Å²) in [5.74, 6) is 1.30. The van der Waals surface area contributed by atoms with E-state index in [1.165, 1.54) is 6.33 Å². The summed E-state index contributed by atoms with van der Waals surface area (Å²) in [5.41, 5.74) is 7.77.